The molecule has 1 aliphatic carbocycles. The molecule has 1 saturated heterocycles. The summed E-state index contributed by atoms with van der Waals surface area (Å²) in [6, 6.07) is 4.56. The van der Waals surface area contributed by atoms with E-state index in [1.807, 2.05) is 12.1 Å². The van der Waals surface area contributed by atoms with E-state index in [9.17, 15) is 8.42 Å². The maximum Gasteiger partial charge on any atom is 0.213 e. The molecule has 3 rings (SSSR count). The van der Waals surface area contributed by atoms with Crippen molar-refractivity contribution in [3.63, 3.8) is 0 Å². The largest absolute Gasteiger partial charge is 0.469 e. The molecule has 2 N–H and O–H groups in total. The van der Waals surface area contributed by atoms with Gasteiger partial charge in [0.15, 0.2) is 5.96 Å². The van der Waals surface area contributed by atoms with Crippen LogP contribution in [0.15, 0.2) is 27.8 Å². The summed E-state index contributed by atoms with van der Waals surface area (Å²) in [5.41, 5.74) is 0. The van der Waals surface area contributed by atoms with Gasteiger partial charge in [-0.25, -0.2) is 12.7 Å². The van der Waals surface area contributed by atoms with Gasteiger partial charge in [0.2, 0.25) is 10.0 Å². The Bertz CT molecular complexity index is 740. The number of sulfonamides is 1. The van der Waals surface area contributed by atoms with Gasteiger partial charge in [-0.3, -0.25) is 4.99 Å². The second kappa shape index (κ2) is 10.5. The van der Waals surface area contributed by atoms with Crippen molar-refractivity contribution in [3.8, 4) is 0 Å². The number of hydrogen-bond acceptors (Lipinski definition) is 4. The van der Waals surface area contributed by atoms with Crippen LogP contribution in [0.4, 0.5) is 0 Å². The fourth-order valence-corrected chi connectivity index (χ4v) is 5.36. The van der Waals surface area contributed by atoms with E-state index in [2.05, 4.69) is 17.6 Å². The lowest BCUT2D eigenvalue weighted by atomic mass is 9.86. The van der Waals surface area contributed by atoms with Crippen molar-refractivity contribution in [2.75, 3.05) is 25.4 Å². The number of rotatable bonds is 7. The van der Waals surface area contributed by atoms with Crippen molar-refractivity contribution in [3.05, 3.63) is 24.2 Å². The third-order valence-corrected chi connectivity index (χ3v) is 8.08. The Kier molecular flexibility index (Phi) is 8.00. The van der Waals surface area contributed by atoms with Crippen LogP contribution in [-0.2, 0) is 16.4 Å². The van der Waals surface area contributed by atoms with Gasteiger partial charge in [-0.15, -0.1) is 0 Å². The molecule has 0 amide bonds. The average molecular weight is 425 g/mol. The van der Waals surface area contributed by atoms with Crippen LogP contribution in [0.5, 0.6) is 0 Å². The molecule has 29 heavy (non-hydrogen) atoms. The van der Waals surface area contributed by atoms with Gasteiger partial charge < -0.3 is 15.1 Å². The van der Waals surface area contributed by atoms with E-state index in [1.54, 1.807) is 17.5 Å². The van der Waals surface area contributed by atoms with Crippen LogP contribution >= 0.6 is 0 Å². The Hall–Kier alpha value is -1.54. The summed E-state index contributed by atoms with van der Waals surface area (Å²) in [6.07, 6.45) is 9.07. The Morgan fingerprint density at radius 1 is 1.21 bits per heavy atom. The van der Waals surface area contributed by atoms with E-state index in [-0.39, 0.29) is 11.8 Å². The molecule has 1 aliphatic heterocycles. The summed E-state index contributed by atoms with van der Waals surface area (Å²) >= 11 is 0. The van der Waals surface area contributed by atoms with Crippen LogP contribution in [0.3, 0.4) is 0 Å². The average Bonchev–Trinajstić information content (AvgIpc) is 3.23. The molecule has 0 aromatic carbocycles. The van der Waals surface area contributed by atoms with Crippen LogP contribution in [0, 0.1) is 5.92 Å². The molecular formula is C21H36N4O3S. The number of hydrogen-bond donors (Lipinski definition) is 2. The molecule has 7 nitrogen and oxygen atoms in total. The lowest BCUT2D eigenvalue weighted by Gasteiger charge is -2.35. The first-order valence-corrected chi connectivity index (χ1v) is 12.7. The number of nitrogens with zero attached hydrogens (tertiary/aromatic N) is 2. The van der Waals surface area contributed by atoms with Crippen molar-refractivity contribution >= 4 is 16.0 Å². The van der Waals surface area contributed by atoms with Crippen LogP contribution in [-0.4, -0.2) is 56.2 Å². The van der Waals surface area contributed by atoms with Crippen LogP contribution in [0.2, 0.25) is 0 Å². The monoisotopic (exact) mass is 424 g/mol. The van der Waals surface area contributed by atoms with Crippen molar-refractivity contribution in [2.24, 2.45) is 10.9 Å². The van der Waals surface area contributed by atoms with E-state index in [0.29, 0.717) is 31.6 Å². The van der Waals surface area contributed by atoms with E-state index < -0.39 is 10.0 Å². The van der Waals surface area contributed by atoms with E-state index in [4.69, 9.17) is 9.41 Å². The minimum Gasteiger partial charge on any atom is -0.469 e. The Morgan fingerprint density at radius 3 is 2.62 bits per heavy atom. The lowest BCUT2D eigenvalue weighted by Crippen LogP contribution is -2.53. The van der Waals surface area contributed by atoms with Gasteiger partial charge in [0, 0.05) is 38.1 Å². The molecule has 1 aromatic rings. The molecule has 1 saturated carbocycles. The van der Waals surface area contributed by atoms with E-state index in [1.165, 1.54) is 25.7 Å². The molecule has 2 atom stereocenters. The molecule has 1 aromatic heterocycles. The molecule has 0 spiro atoms. The lowest BCUT2D eigenvalue weighted by molar-refractivity contribution is 0.293. The minimum absolute atomic E-state index is 0.172. The fourth-order valence-electron chi connectivity index (χ4n) is 4.23. The highest BCUT2D eigenvalue weighted by Gasteiger charge is 2.28. The SMILES string of the molecule is CCS(=O)(=O)N1CCC(NC(=NCCc2ccco2)NC2CCCCC2C)CC1. The topological polar surface area (TPSA) is 86.9 Å². The molecule has 0 radical (unpaired) electrons. The van der Waals surface area contributed by atoms with Crippen molar-refractivity contribution in [1.82, 2.24) is 14.9 Å². The maximum absolute atomic E-state index is 12.1. The normalized spacial score (nSPS) is 25.1. The highest BCUT2D eigenvalue weighted by Crippen LogP contribution is 2.23. The predicted molar refractivity (Wildman–Crippen MR) is 116 cm³/mol. The van der Waals surface area contributed by atoms with Crippen LogP contribution < -0.4 is 10.6 Å². The van der Waals surface area contributed by atoms with Crippen molar-refractivity contribution in [2.45, 2.75) is 70.9 Å². The van der Waals surface area contributed by atoms with Gasteiger partial charge >= 0.3 is 0 Å². The van der Waals surface area contributed by atoms with Gasteiger partial charge in [0.25, 0.3) is 0 Å². The quantitative estimate of drug-likeness (QED) is 0.519. The zero-order chi connectivity index (χ0) is 20.7. The summed E-state index contributed by atoms with van der Waals surface area (Å²) in [5.74, 6) is 2.60. The Labute approximate surface area is 175 Å². The van der Waals surface area contributed by atoms with Crippen LogP contribution in [0.25, 0.3) is 0 Å². The molecule has 2 unspecified atom stereocenters. The van der Waals surface area contributed by atoms with Gasteiger partial charge in [-0.2, -0.15) is 0 Å². The number of furan rings is 1. The van der Waals surface area contributed by atoms with Gasteiger partial charge in [-0.05, 0) is 50.7 Å². The summed E-state index contributed by atoms with van der Waals surface area (Å²) < 4.78 is 31.2. The summed E-state index contributed by atoms with van der Waals surface area (Å²) in [5, 5.41) is 7.24. The van der Waals surface area contributed by atoms with Gasteiger partial charge in [0.05, 0.1) is 12.0 Å². The number of aliphatic imine (C=N–C) groups is 1. The van der Waals surface area contributed by atoms with Gasteiger partial charge in [0.1, 0.15) is 5.76 Å². The van der Waals surface area contributed by atoms with E-state index >= 15 is 0 Å². The second-order valence-corrected chi connectivity index (χ2v) is 10.5. The van der Waals surface area contributed by atoms with E-state index in [0.717, 1.165) is 31.0 Å². The first-order valence-electron chi connectivity index (χ1n) is 11.1. The smallest absolute Gasteiger partial charge is 0.213 e. The standard InChI is InChI=1S/C21H36N4O3S/c1-3-29(26,27)25-14-11-18(12-15-25)23-21(22-13-10-19-8-6-16-28-19)24-20-9-5-4-7-17(20)2/h6,8,16-18,20H,3-5,7,9-15H2,1-2H3,(H2,22,23,24). The highest BCUT2D eigenvalue weighted by molar-refractivity contribution is 7.89. The molecule has 8 heteroatoms. The third-order valence-electron chi connectivity index (χ3n) is 6.19. The highest BCUT2D eigenvalue weighted by atomic mass is 32.2. The first kappa shape index (κ1) is 22.2. The fraction of sp³-hybridized carbons (Fsp3) is 0.762. The Balaban J connectivity index is 1.58. The minimum atomic E-state index is -3.09. The zero-order valence-corrected chi connectivity index (χ0v) is 18.6. The third kappa shape index (κ3) is 6.47. The maximum atomic E-state index is 12.1. The Morgan fingerprint density at radius 2 is 1.97 bits per heavy atom. The summed E-state index contributed by atoms with van der Waals surface area (Å²) in [4.78, 5) is 4.81. The molecule has 164 valence electrons. The number of nitrogens with one attached hydrogen (secondary N) is 2. The molecule has 2 fully saturated rings. The molecule has 2 heterocycles. The second-order valence-electron chi connectivity index (χ2n) is 8.29. The van der Waals surface area contributed by atoms with Crippen molar-refractivity contribution in [1.29, 1.82) is 0 Å². The number of piperidine rings is 1. The predicted octanol–water partition coefficient (Wildman–Crippen LogP) is 2.75. The van der Waals surface area contributed by atoms with Crippen LogP contribution in [0.1, 0.15) is 58.1 Å². The summed E-state index contributed by atoms with van der Waals surface area (Å²) in [7, 11) is -3.09. The number of guanidine groups is 1. The van der Waals surface area contributed by atoms with Gasteiger partial charge in [-0.1, -0.05) is 19.8 Å². The zero-order valence-electron chi connectivity index (χ0n) is 17.8. The summed E-state index contributed by atoms with van der Waals surface area (Å²) in [6.45, 7) is 5.83. The molecule has 0 bridgehead atoms. The first-order chi connectivity index (χ1) is 14.0. The van der Waals surface area contributed by atoms with Crippen molar-refractivity contribution < 1.29 is 12.8 Å². The molecule has 2 aliphatic rings. The molecular weight excluding hydrogens is 388 g/mol.